The number of aromatic nitrogens is 1. The standard InChI is InChI=1S/C22H21N3O2/c1-16-2-6-18(7-3-16)24-21(26)25-22(12-13-22)17-4-8-19(9-5-17)27-20-10-14-23-15-11-20/h2-11,14-15H,12-13H2,1H3,(H2,24,25,26). The Labute approximate surface area is 158 Å². The number of amides is 2. The number of pyridine rings is 1. The summed E-state index contributed by atoms with van der Waals surface area (Å²) >= 11 is 0. The van der Waals surface area contributed by atoms with Crippen LogP contribution in [0.25, 0.3) is 0 Å². The summed E-state index contributed by atoms with van der Waals surface area (Å²) in [6.45, 7) is 2.02. The molecule has 1 heterocycles. The van der Waals surface area contributed by atoms with Crippen LogP contribution in [0, 0.1) is 6.92 Å². The highest BCUT2D eigenvalue weighted by Gasteiger charge is 2.45. The van der Waals surface area contributed by atoms with Gasteiger partial charge < -0.3 is 15.4 Å². The minimum absolute atomic E-state index is 0.187. The third kappa shape index (κ3) is 4.08. The van der Waals surface area contributed by atoms with Gasteiger partial charge in [-0.3, -0.25) is 4.98 Å². The zero-order valence-corrected chi connectivity index (χ0v) is 15.1. The van der Waals surface area contributed by atoms with Gasteiger partial charge in [0.2, 0.25) is 0 Å². The van der Waals surface area contributed by atoms with E-state index in [2.05, 4.69) is 15.6 Å². The number of carbonyl (C=O) groups excluding carboxylic acids is 1. The van der Waals surface area contributed by atoms with Crippen LogP contribution in [0.5, 0.6) is 11.5 Å². The van der Waals surface area contributed by atoms with Gasteiger partial charge in [-0.2, -0.15) is 0 Å². The third-order valence-electron chi connectivity index (χ3n) is 4.70. The lowest BCUT2D eigenvalue weighted by atomic mass is 10.1. The van der Waals surface area contributed by atoms with Gasteiger partial charge in [-0.25, -0.2) is 4.79 Å². The van der Waals surface area contributed by atoms with Crippen LogP contribution in [-0.2, 0) is 5.54 Å². The van der Waals surface area contributed by atoms with Crippen LogP contribution in [0.2, 0.25) is 0 Å². The fraction of sp³-hybridized carbons (Fsp3) is 0.182. The molecule has 4 rings (SSSR count). The van der Waals surface area contributed by atoms with Crippen molar-refractivity contribution in [2.75, 3.05) is 5.32 Å². The molecule has 0 unspecified atom stereocenters. The fourth-order valence-corrected chi connectivity index (χ4v) is 3.01. The van der Waals surface area contributed by atoms with Gasteiger partial charge in [-0.1, -0.05) is 29.8 Å². The number of rotatable bonds is 5. The van der Waals surface area contributed by atoms with Gasteiger partial charge in [0.1, 0.15) is 11.5 Å². The molecule has 1 aliphatic carbocycles. The van der Waals surface area contributed by atoms with Crippen molar-refractivity contribution in [3.8, 4) is 11.5 Å². The van der Waals surface area contributed by atoms with Crippen LogP contribution in [0.1, 0.15) is 24.0 Å². The first-order valence-corrected chi connectivity index (χ1v) is 8.97. The molecular formula is C22H21N3O2. The molecule has 1 fully saturated rings. The number of carbonyl (C=O) groups is 1. The van der Waals surface area contributed by atoms with Crippen molar-refractivity contribution in [3.05, 3.63) is 84.2 Å². The predicted octanol–water partition coefficient (Wildman–Crippen LogP) is 4.99. The van der Waals surface area contributed by atoms with Crippen molar-refractivity contribution in [1.29, 1.82) is 0 Å². The minimum Gasteiger partial charge on any atom is -0.457 e. The lowest BCUT2D eigenvalue weighted by Gasteiger charge is -2.19. The molecule has 2 N–H and O–H groups in total. The lowest BCUT2D eigenvalue weighted by Crippen LogP contribution is -2.38. The van der Waals surface area contributed by atoms with Gasteiger partial charge in [0.25, 0.3) is 0 Å². The highest BCUT2D eigenvalue weighted by atomic mass is 16.5. The van der Waals surface area contributed by atoms with Crippen LogP contribution in [0.4, 0.5) is 10.5 Å². The molecule has 5 heteroatoms. The second-order valence-electron chi connectivity index (χ2n) is 6.84. The fourth-order valence-electron chi connectivity index (χ4n) is 3.01. The van der Waals surface area contributed by atoms with E-state index < -0.39 is 0 Å². The monoisotopic (exact) mass is 359 g/mol. The summed E-state index contributed by atoms with van der Waals surface area (Å²) in [4.78, 5) is 16.4. The number of urea groups is 1. The Morgan fingerprint density at radius 3 is 2.19 bits per heavy atom. The normalized spacial score (nSPS) is 14.3. The Hall–Kier alpha value is -3.34. The van der Waals surface area contributed by atoms with E-state index in [0.717, 1.165) is 41.2 Å². The van der Waals surface area contributed by atoms with E-state index in [9.17, 15) is 4.79 Å². The smallest absolute Gasteiger partial charge is 0.319 e. The maximum Gasteiger partial charge on any atom is 0.319 e. The van der Waals surface area contributed by atoms with E-state index in [4.69, 9.17) is 4.74 Å². The van der Waals surface area contributed by atoms with Crippen molar-refractivity contribution >= 4 is 11.7 Å². The Balaban J connectivity index is 1.40. The molecule has 27 heavy (non-hydrogen) atoms. The number of nitrogens with one attached hydrogen (secondary N) is 2. The van der Waals surface area contributed by atoms with Crippen LogP contribution < -0.4 is 15.4 Å². The molecule has 0 aliphatic heterocycles. The Morgan fingerprint density at radius 2 is 1.56 bits per heavy atom. The average molecular weight is 359 g/mol. The molecule has 1 aromatic heterocycles. The van der Waals surface area contributed by atoms with Crippen LogP contribution in [-0.4, -0.2) is 11.0 Å². The molecule has 1 saturated carbocycles. The van der Waals surface area contributed by atoms with E-state index >= 15 is 0 Å². The molecule has 0 spiro atoms. The van der Waals surface area contributed by atoms with Gasteiger partial charge in [0.15, 0.2) is 0 Å². The SMILES string of the molecule is Cc1ccc(NC(=O)NC2(c3ccc(Oc4ccncc4)cc3)CC2)cc1. The number of hydrogen-bond acceptors (Lipinski definition) is 3. The highest BCUT2D eigenvalue weighted by molar-refractivity contribution is 5.90. The summed E-state index contributed by atoms with van der Waals surface area (Å²) in [5.74, 6) is 1.50. The maximum atomic E-state index is 12.4. The van der Waals surface area contributed by atoms with Crippen molar-refractivity contribution in [2.45, 2.75) is 25.3 Å². The molecule has 0 atom stereocenters. The number of hydrogen-bond donors (Lipinski definition) is 2. The van der Waals surface area contributed by atoms with Gasteiger partial charge in [-0.15, -0.1) is 0 Å². The molecule has 3 aromatic rings. The van der Waals surface area contributed by atoms with E-state index in [0.29, 0.717) is 0 Å². The molecule has 0 radical (unpaired) electrons. The molecule has 136 valence electrons. The van der Waals surface area contributed by atoms with Crippen molar-refractivity contribution in [2.24, 2.45) is 0 Å². The lowest BCUT2D eigenvalue weighted by molar-refractivity contribution is 0.247. The average Bonchev–Trinajstić information content (AvgIpc) is 3.45. The Bertz CT molecular complexity index is 918. The zero-order valence-electron chi connectivity index (χ0n) is 15.1. The van der Waals surface area contributed by atoms with Crippen molar-refractivity contribution < 1.29 is 9.53 Å². The Kier molecular flexibility index (Phi) is 4.50. The van der Waals surface area contributed by atoms with Gasteiger partial charge in [0.05, 0.1) is 5.54 Å². The topological polar surface area (TPSA) is 63.2 Å². The number of nitrogens with zero attached hydrogens (tertiary/aromatic N) is 1. The van der Waals surface area contributed by atoms with Crippen LogP contribution in [0.15, 0.2) is 73.1 Å². The molecule has 2 amide bonds. The van der Waals surface area contributed by atoms with E-state index in [1.807, 2.05) is 67.6 Å². The summed E-state index contributed by atoms with van der Waals surface area (Å²) < 4.78 is 5.80. The second kappa shape index (κ2) is 7.11. The summed E-state index contributed by atoms with van der Waals surface area (Å²) in [6.07, 6.45) is 5.25. The highest BCUT2D eigenvalue weighted by Crippen LogP contribution is 2.46. The zero-order chi connectivity index (χ0) is 18.7. The second-order valence-corrected chi connectivity index (χ2v) is 6.84. The van der Waals surface area contributed by atoms with Gasteiger partial charge in [-0.05, 0) is 61.7 Å². The van der Waals surface area contributed by atoms with Crippen molar-refractivity contribution in [1.82, 2.24) is 10.3 Å². The number of aryl methyl sites for hydroxylation is 1. The molecule has 2 aromatic carbocycles. The molecule has 5 nitrogen and oxygen atoms in total. The van der Waals surface area contributed by atoms with E-state index in [-0.39, 0.29) is 11.6 Å². The first kappa shape index (κ1) is 17.1. The quantitative estimate of drug-likeness (QED) is 0.674. The third-order valence-corrected chi connectivity index (χ3v) is 4.70. The molecule has 1 aliphatic rings. The molecule has 0 bridgehead atoms. The van der Waals surface area contributed by atoms with Gasteiger partial charge >= 0.3 is 6.03 Å². The maximum absolute atomic E-state index is 12.4. The number of anilines is 1. The summed E-state index contributed by atoms with van der Waals surface area (Å²) in [5.41, 5.74) is 2.75. The van der Waals surface area contributed by atoms with Crippen molar-refractivity contribution in [3.63, 3.8) is 0 Å². The van der Waals surface area contributed by atoms with E-state index in [1.165, 1.54) is 0 Å². The summed E-state index contributed by atoms with van der Waals surface area (Å²) in [7, 11) is 0. The molecular weight excluding hydrogens is 338 g/mol. The first-order chi connectivity index (χ1) is 13.1. The summed E-state index contributed by atoms with van der Waals surface area (Å²) in [6, 6.07) is 19.1. The van der Waals surface area contributed by atoms with Gasteiger partial charge in [0, 0.05) is 18.1 Å². The minimum atomic E-state index is -0.288. The van der Waals surface area contributed by atoms with Crippen LogP contribution in [0.3, 0.4) is 0 Å². The number of ether oxygens (including phenoxy) is 1. The number of benzene rings is 2. The van der Waals surface area contributed by atoms with Crippen LogP contribution >= 0.6 is 0 Å². The first-order valence-electron chi connectivity index (χ1n) is 8.97. The Morgan fingerprint density at radius 1 is 0.926 bits per heavy atom. The largest absolute Gasteiger partial charge is 0.457 e. The predicted molar refractivity (Wildman–Crippen MR) is 105 cm³/mol. The van der Waals surface area contributed by atoms with E-state index in [1.54, 1.807) is 12.4 Å². The molecule has 0 saturated heterocycles. The summed E-state index contributed by atoms with van der Waals surface area (Å²) in [5, 5.41) is 6.02.